The van der Waals surface area contributed by atoms with Crippen LogP contribution in [0.4, 0.5) is 0 Å². The molecule has 7 nitrogen and oxygen atoms in total. The Labute approximate surface area is 190 Å². The monoisotopic (exact) mass is 438 g/mol. The number of nitrogens with one attached hydrogen (secondary N) is 1. The Morgan fingerprint density at radius 1 is 1.06 bits per heavy atom. The van der Waals surface area contributed by atoms with Crippen LogP contribution >= 0.6 is 0 Å². The predicted octanol–water partition coefficient (Wildman–Crippen LogP) is 3.82. The Balaban J connectivity index is 1.41. The number of benzene rings is 1. The second-order valence-electron chi connectivity index (χ2n) is 8.90. The summed E-state index contributed by atoms with van der Waals surface area (Å²) in [5, 5.41) is 2.94. The van der Waals surface area contributed by atoms with E-state index in [1.807, 2.05) is 32.0 Å². The number of hydrogen-bond acceptors (Lipinski definition) is 6. The highest BCUT2D eigenvalue weighted by Crippen LogP contribution is 2.30. The van der Waals surface area contributed by atoms with Crippen molar-refractivity contribution in [2.24, 2.45) is 0 Å². The van der Waals surface area contributed by atoms with E-state index in [0.717, 1.165) is 43.4 Å². The SMILES string of the molecule is COc1ccc(OC2CCN(C3CCCC3)CC2)c(C(=O)NCc2nc(C)cc(C)n2)c1. The molecular formula is C25H34N4O3. The van der Waals surface area contributed by atoms with E-state index in [1.54, 1.807) is 13.2 Å². The number of piperidine rings is 1. The van der Waals surface area contributed by atoms with Gasteiger partial charge in [-0.15, -0.1) is 0 Å². The van der Waals surface area contributed by atoms with Crippen molar-refractivity contribution in [1.82, 2.24) is 20.2 Å². The summed E-state index contributed by atoms with van der Waals surface area (Å²) in [5.74, 6) is 1.61. The van der Waals surface area contributed by atoms with Gasteiger partial charge in [0.15, 0.2) is 0 Å². The van der Waals surface area contributed by atoms with Gasteiger partial charge in [-0.05, 0) is 63.8 Å². The molecule has 32 heavy (non-hydrogen) atoms. The van der Waals surface area contributed by atoms with Crippen molar-refractivity contribution in [2.45, 2.75) is 71.1 Å². The van der Waals surface area contributed by atoms with Crippen molar-refractivity contribution in [3.63, 3.8) is 0 Å². The average Bonchev–Trinajstić information content (AvgIpc) is 3.32. The fourth-order valence-electron chi connectivity index (χ4n) is 4.86. The molecule has 0 unspecified atom stereocenters. The molecule has 0 bridgehead atoms. The van der Waals surface area contributed by atoms with Crippen LogP contribution < -0.4 is 14.8 Å². The van der Waals surface area contributed by atoms with E-state index in [1.165, 1.54) is 25.7 Å². The Morgan fingerprint density at radius 3 is 2.41 bits per heavy atom. The first-order valence-electron chi connectivity index (χ1n) is 11.7. The molecule has 1 saturated carbocycles. The molecule has 0 radical (unpaired) electrons. The van der Waals surface area contributed by atoms with E-state index < -0.39 is 0 Å². The van der Waals surface area contributed by atoms with E-state index >= 15 is 0 Å². The van der Waals surface area contributed by atoms with Crippen molar-refractivity contribution < 1.29 is 14.3 Å². The first-order valence-corrected chi connectivity index (χ1v) is 11.7. The number of carbonyl (C=O) groups excluding carboxylic acids is 1. The number of aryl methyl sites for hydroxylation is 2. The summed E-state index contributed by atoms with van der Waals surface area (Å²) in [6, 6.07) is 8.08. The molecule has 1 amide bonds. The van der Waals surface area contributed by atoms with Gasteiger partial charge in [-0.25, -0.2) is 9.97 Å². The van der Waals surface area contributed by atoms with Gasteiger partial charge in [-0.2, -0.15) is 0 Å². The number of rotatable bonds is 7. The van der Waals surface area contributed by atoms with Crippen molar-refractivity contribution in [2.75, 3.05) is 20.2 Å². The Bertz CT molecular complexity index is 915. The van der Waals surface area contributed by atoms with Gasteiger partial charge in [0.2, 0.25) is 0 Å². The molecule has 2 aromatic rings. The molecule has 1 aromatic heterocycles. The van der Waals surface area contributed by atoms with Crippen LogP contribution in [0.3, 0.4) is 0 Å². The smallest absolute Gasteiger partial charge is 0.255 e. The second-order valence-corrected chi connectivity index (χ2v) is 8.90. The van der Waals surface area contributed by atoms with Gasteiger partial charge in [0.25, 0.3) is 5.91 Å². The minimum absolute atomic E-state index is 0.121. The first-order chi connectivity index (χ1) is 15.5. The number of likely N-dealkylation sites (tertiary alicyclic amines) is 1. The summed E-state index contributed by atoms with van der Waals surface area (Å²) in [4.78, 5) is 24.5. The van der Waals surface area contributed by atoms with Crippen LogP contribution in [0, 0.1) is 13.8 Å². The molecule has 1 aliphatic carbocycles. The Hall–Kier alpha value is -2.67. The molecule has 2 aliphatic rings. The van der Waals surface area contributed by atoms with Crippen LogP contribution in [0.15, 0.2) is 24.3 Å². The van der Waals surface area contributed by atoms with E-state index in [4.69, 9.17) is 9.47 Å². The molecule has 1 aromatic carbocycles. The Kier molecular flexibility index (Phi) is 7.25. The van der Waals surface area contributed by atoms with Crippen LogP contribution in [0.5, 0.6) is 11.5 Å². The number of methoxy groups -OCH3 is 1. The molecule has 7 heteroatoms. The zero-order valence-corrected chi connectivity index (χ0v) is 19.4. The van der Waals surface area contributed by atoms with Crippen LogP contribution in [0.25, 0.3) is 0 Å². The third-order valence-electron chi connectivity index (χ3n) is 6.48. The summed E-state index contributed by atoms with van der Waals surface area (Å²) in [6.45, 7) is 6.24. The topological polar surface area (TPSA) is 76.6 Å². The van der Waals surface area contributed by atoms with Crippen LogP contribution in [-0.2, 0) is 6.54 Å². The molecule has 0 spiro atoms. The molecule has 2 heterocycles. The minimum Gasteiger partial charge on any atom is -0.497 e. The average molecular weight is 439 g/mol. The minimum atomic E-state index is -0.218. The third-order valence-corrected chi connectivity index (χ3v) is 6.48. The maximum atomic E-state index is 13.0. The first kappa shape index (κ1) is 22.5. The normalized spacial score (nSPS) is 18.0. The number of aromatic nitrogens is 2. The summed E-state index contributed by atoms with van der Waals surface area (Å²) in [5.41, 5.74) is 2.25. The molecular weight excluding hydrogens is 404 g/mol. The number of hydrogen-bond donors (Lipinski definition) is 1. The zero-order valence-electron chi connectivity index (χ0n) is 19.4. The van der Waals surface area contributed by atoms with E-state index in [-0.39, 0.29) is 18.6 Å². The molecule has 1 saturated heterocycles. The van der Waals surface area contributed by atoms with E-state index in [2.05, 4.69) is 20.2 Å². The maximum Gasteiger partial charge on any atom is 0.255 e. The molecule has 1 N–H and O–H groups in total. The second kappa shape index (κ2) is 10.3. The lowest BCUT2D eigenvalue weighted by Gasteiger charge is -2.36. The highest BCUT2D eigenvalue weighted by Gasteiger charge is 2.28. The van der Waals surface area contributed by atoms with Crippen molar-refractivity contribution in [1.29, 1.82) is 0 Å². The van der Waals surface area contributed by atoms with Crippen molar-refractivity contribution in [3.05, 3.63) is 47.0 Å². The maximum absolute atomic E-state index is 13.0. The lowest BCUT2D eigenvalue weighted by Crippen LogP contribution is -2.43. The molecule has 4 rings (SSSR count). The number of carbonyl (C=O) groups is 1. The van der Waals surface area contributed by atoms with Crippen molar-refractivity contribution >= 4 is 5.91 Å². The van der Waals surface area contributed by atoms with Crippen LogP contribution in [0.1, 0.15) is 66.1 Å². The Morgan fingerprint density at radius 2 is 1.75 bits per heavy atom. The fourth-order valence-corrected chi connectivity index (χ4v) is 4.86. The summed E-state index contributed by atoms with van der Waals surface area (Å²) in [6.07, 6.45) is 7.48. The number of ether oxygens (including phenoxy) is 2. The standard InChI is InChI=1S/C25H34N4O3/c1-17-14-18(2)28-24(27-17)16-26-25(30)22-15-21(31-3)8-9-23(22)32-20-10-12-29(13-11-20)19-6-4-5-7-19/h8-9,14-15,19-20H,4-7,10-13,16H2,1-3H3,(H,26,30). The number of amides is 1. The van der Waals surface area contributed by atoms with Gasteiger partial charge in [-0.3, -0.25) is 4.79 Å². The fraction of sp³-hybridized carbons (Fsp3) is 0.560. The summed E-state index contributed by atoms with van der Waals surface area (Å²) in [7, 11) is 1.60. The van der Waals surface area contributed by atoms with Gasteiger partial charge in [0.1, 0.15) is 23.4 Å². The lowest BCUT2D eigenvalue weighted by atomic mass is 10.0. The quantitative estimate of drug-likeness (QED) is 0.708. The van der Waals surface area contributed by atoms with Gasteiger partial charge in [-0.1, -0.05) is 12.8 Å². The summed E-state index contributed by atoms with van der Waals surface area (Å²) < 4.78 is 11.7. The van der Waals surface area contributed by atoms with Gasteiger partial charge < -0.3 is 19.7 Å². The predicted molar refractivity (Wildman–Crippen MR) is 123 cm³/mol. The highest BCUT2D eigenvalue weighted by atomic mass is 16.5. The molecule has 0 atom stereocenters. The van der Waals surface area contributed by atoms with Crippen molar-refractivity contribution in [3.8, 4) is 11.5 Å². The molecule has 2 fully saturated rings. The van der Waals surface area contributed by atoms with E-state index in [0.29, 0.717) is 22.9 Å². The van der Waals surface area contributed by atoms with Gasteiger partial charge in [0.05, 0.1) is 19.2 Å². The molecule has 172 valence electrons. The van der Waals surface area contributed by atoms with Gasteiger partial charge in [0, 0.05) is 30.5 Å². The largest absolute Gasteiger partial charge is 0.497 e. The molecule has 1 aliphatic heterocycles. The van der Waals surface area contributed by atoms with Gasteiger partial charge >= 0.3 is 0 Å². The summed E-state index contributed by atoms with van der Waals surface area (Å²) >= 11 is 0. The number of nitrogens with zero attached hydrogens (tertiary/aromatic N) is 3. The third kappa shape index (κ3) is 5.57. The van der Waals surface area contributed by atoms with Crippen LogP contribution in [-0.4, -0.2) is 53.1 Å². The van der Waals surface area contributed by atoms with Crippen LogP contribution in [0.2, 0.25) is 0 Å². The lowest BCUT2D eigenvalue weighted by molar-refractivity contribution is 0.0749. The van der Waals surface area contributed by atoms with E-state index in [9.17, 15) is 4.79 Å². The zero-order chi connectivity index (χ0) is 22.5. The highest BCUT2D eigenvalue weighted by molar-refractivity contribution is 5.97.